The number of ether oxygens (including phenoxy) is 3. The fourth-order valence-electron chi connectivity index (χ4n) is 3.00. The number of nitrogens with one attached hydrogen (secondary N) is 2. The van der Waals surface area contributed by atoms with Crippen LogP contribution in [0.4, 0.5) is 11.4 Å². The smallest absolute Gasteiger partial charge is 0.291 e. The Morgan fingerprint density at radius 3 is 1.91 bits per heavy atom. The van der Waals surface area contributed by atoms with E-state index in [0.717, 1.165) is 0 Å². The van der Waals surface area contributed by atoms with E-state index < -0.39 is 0 Å². The van der Waals surface area contributed by atoms with Gasteiger partial charge in [-0.1, -0.05) is 6.07 Å². The maximum atomic E-state index is 13.0. The van der Waals surface area contributed by atoms with Crippen LogP contribution in [0.2, 0.25) is 0 Å². The molecule has 0 fully saturated rings. The molecule has 1 heterocycles. The molecule has 0 radical (unpaired) electrons. The van der Waals surface area contributed by atoms with Crippen LogP contribution in [0.25, 0.3) is 0 Å². The van der Waals surface area contributed by atoms with Gasteiger partial charge in [0.2, 0.25) is 5.75 Å². The highest BCUT2D eigenvalue weighted by Crippen LogP contribution is 2.39. The molecule has 8 nitrogen and oxygen atoms in total. The molecule has 0 saturated heterocycles. The van der Waals surface area contributed by atoms with E-state index in [-0.39, 0.29) is 17.6 Å². The first-order valence-corrected chi connectivity index (χ1v) is 10.4. The van der Waals surface area contributed by atoms with Crippen molar-refractivity contribution >= 4 is 23.2 Å². The molecule has 2 N–H and O–H groups in total. The summed E-state index contributed by atoms with van der Waals surface area (Å²) in [5, 5.41) is 5.56. The molecule has 0 aliphatic rings. The van der Waals surface area contributed by atoms with Gasteiger partial charge in [-0.3, -0.25) is 9.59 Å². The second-order valence-corrected chi connectivity index (χ2v) is 6.57. The van der Waals surface area contributed by atoms with Crippen molar-refractivity contribution in [2.75, 3.05) is 30.5 Å². The molecule has 0 aliphatic carbocycles. The van der Waals surface area contributed by atoms with Gasteiger partial charge in [-0.15, -0.1) is 0 Å². The summed E-state index contributed by atoms with van der Waals surface area (Å²) in [6, 6.07) is 13.3. The molecule has 2 aromatic carbocycles. The number of hydrogen-bond donors (Lipinski definition) is 2. The van der Waals surface area contributed by atoms with Crippen molar-refractivity contribution in [3.05, 3.63) is 66.1 Å². The lowest BCUT2D eigenvalue weighted by atomic mass is 10.1. The van der Waals surface area contributed by atoms with Gasteiger partial charge in [0.05, 0.1) is 26.1 Å². The largest absolute Gasteiger partial charge is 0.490 e. The van der Waals surface area contributed by atoms with Crippen molar-refractivity contribution in [3.8, 4) is 17.2 Å². The van der Waals surface area contributed by atoms with E-state index in [1.54, 1.807) is 48.5 Å². The van der Waals surface area contributed by atoms with Gasteiger partial charge in [-0.2, -0.15) is 0 Å². The second-order valence-electron chi connectivity index (χ2n) is 6.57. The number of amides is 2. The van der Waals surface area contributed by atoms with Crippen LogP contribution >= 0.6 is 0 Å². The standard InChI is InChI=1S/C24H26N2O6/c1-4-29-20-13-16(14-21(30-5-2)22(20)31-6-3)23(27)25-17-9-7-10-18(15-17)26-24(28)19-11-8-12-32-19/h7-15H,4-6H2,1-3H3,(H,25,27)(H,26,28). The zero-order valence-corrected chi connectivity index (χ0v) is 18.3. The Hall–Kier alpha value is -3.94. The quantitative estimate of drug-likeness (QED) is 0.463. The number of anilines is 2. The topological polar surface area (TPSA) is 99.0 Å². The van der Waals surface area contributed by atoms with E-state index in [2.05, 4.69) is 10.6 Å². The summed E-state index contributed by atoms with van der Waals surface area (Å²) in [6.45, 7) is 6.82. The number of furan rings is 1. The fourth-order valence-corrected chi connectivity index (χ4v) is 3.00. The minimum Gasteiger partial charge on any atom is -0.490 e. The van der Waals surface area contributed by atoms with Crippen LogP contribution in [0, 0.1) is 0 Å². The third kappa shape index (κ3) is 5.60. The zero-order valence-electron chi connectivity index (χ0n) is 18.3. The summed E-state index contributed by atoms with van der Waals surface area (Å²) in [7, 11) is 0. The van der Waals surface area contributed by atoms with Crippen molar-refractivity contribution in [1.29, 1.82) is 0 Å². The van der Waals surface area contributed by atoms with Gasteiger partial charge < -0.3 is 29.3 Å². The Labute approximate surface area is 186 Å². The van der Waals surface area contributed by atoms with Crippen LogP contribution in [0.3, 0.4) is 0 Å². The molecule has 0 aliphatic heterocycles. The fraction of sp³-hybridized carbons (Fsp3) is 0.250. The molecule has 0 bridgehead atoms. The van der Waals surface area contributed by atoms with Crippen molar-refractivity contribution < 1.29 is 28.2 Å². The number of rotatable bonds is 10. The lowest BCUT2D eigenvalue weighted by Gasteiger charge is -2.17. The van der Waals surface area contributed by atoms with Crippen LogP contribution in [0.1, 0.15) is 41.7 Å². The molecular weight excluding hydrogens is 412 g/mol. The predicted molar refractivity (Wildman–Crippen MR) is 121 cm³/mol. The molecule has 0 atom stereocenters. The molecule has 8 heteroatoms. The van der Waals surface area contributed by atoms with Crippen molar-refractivity contribution in [3.63, 3.8) is 0 Å². The maximum Gasteiger partial charge on any atom is 0.291 e. The van der Waals surface area contributed by atoms with E-state index in [0.29, 0.717) is 54.0 Å². The van der Waals surface area contributed by atoms with Crippen molar-refractivity contribution in [2.45, 2.75) is 20.8 Å². The Bertz CT molecular complexity index is 1040. The van der Waals surface area contributed by atoms with Crippen LogP contribution in [-0.2, 0) is 0 Å². The number of benzene rings is 2. The lowest BCUT2D eigenvalue weighted by Crippen LogP contribution is -2.14. The van der Waals surface area contributed by atoms with Crippen molar-refractivity contribution in [2.24, 2.45) is 0 Å². The molecule has 32 heavy (non-hydrogen) atoms. The Morgan fingerprint density at radius 2 is 1.38 bits per heavy atom. The van der Waals surface area contributed by atoms with Gasteiger partial charge in [-0.25, -0.2) is 0 Å². The van der Waals surface area contributed by atoms with E-state index in [9.17, 15) is 9.59 Å². The molecule has 3 rings (SSSR count). The maximum absolute atomic E-state index is 13.0. The SMILES string of the molecule is CCOc1cc(C(=O)Nc2cccc(NC(=O)c3ccco3)c2)cc(OCC)c1OCC. The summed E-state index contributed by atoms with van der Waals surface area (Å²) in [6.07, 6.45) is 1.43. The number of carbonyl (C=O) groups is 2. The molecular formula is C24H26N2O6. The molecule has 1 aromatic heterocycles. The van der Waals surface area contributed by atoms with Crippen LogP contribution in [-0.4, -0.2) is 31.6 Å². The Kier molecular flexibility index (Phi) is 7.75. The molecule has 0 spiro atoms. The van der Waals surface area contributed by atoms with Gasteiger partial charge in [-0.05, 0) is 63.2 Å². The zero-order chi connectivity index (χ0) is 22.9. The predicted octanol–water partition coefficient (Wildman–Crippen LogP) is 4.98. The van der Waals surface area contributed by atoms with Gasteiger partial charge in [0, 0.05) is 16.9 Å². The monoisotopic (exact) mass is 438 g/mol. The highest BCUT2D eigenvalue weighted by molar-refractivity contribution is 6.06. The Balaban J connectivity index is 1.81. The lowest BCUT2D eigenvalue weighted by molar-refractivity contribution is 0.0995. The average molecular weight is 438 g/mol. The highest BCUT2D eigenvalue weighted by Gasteiger charge is 2.19. The van der Waals surface area contributed by atoms with Crippen LogP contribution in [0.15, 0.2) is 59.2 Å². The minimum absolute atomic E-state index is 0.195. The van der Waals surface area contributed by atoms with E-state index in [4.69, 9.17) is 18.6 Å². The molecule has 168 valence electrons. The van der Waals surface area contributed by atoms with Gasteiger partial charge in [0.1, 0.15) is 0 Å². The first-order chi connectivity index (χ1) is 15.5. The second kappa shape index (κ2) is 10.9. The highest BCUT2D eigenvalue weighted by atomic mass is 16.5. The summed E-state index contributed by atoms with van der Waals surface area (Å²) in [5.74, 6) is 0.795. The summed E-state index contributed by atoms with van der Waals surface area (Å²) in [5.41, 5.74) is 1.38. The van der Waals surface area contributed by atoms with Gasteiger partial charge >= 0.3 is 0 Å². The summed E-state index contributed by atoms with van der Waals surface area (Å²) >= 11 is 0. The minimum atomic E-state index is -0.382. The normalized spacial score (nSPS) is 10.3. The van der Waals surface area contributed by atoms with Gasteiger partial charge in [0.15, 0.2) is 17.3 Å². The number of carbonyl (C=O) groups excluding carboxylic acids is 2. The first kappa shape index (κ1) is 22.7. The van der Waals surface area contributed by atoms with E-state index in [1.807, 2.05) is 20.8 Å². The van der Waals surface area contributed by atoms with Crippen molar-refractivity contribution in [1.82, 2.24) is 0 Å². The number of hydrogen-bond acceptors (Lipinski definition) is 6. The van der Waals surface area contributed by atoms with Crippen LogP contribution in [0.5, 0.6) is 17.2 Å². The molecule has 0 saturated carbocycles. The molecule has 3 aromatic rings. The average Bonchev–Trinajstić information content (AvgIpc) is 3.31. The third-order valence-electron chi connectivity index (χ3n) is 4.29. The third-order valence-corrected chi connectivity index (χ3v) is 4.29. The molecule has 0 unspecified atom stereocenters. The van der Waals surface area contributed by atoms with Crippen LogP contribution < -0.4 is 24.8 Å². The first-order valence-electron chi connectivity index (χ1n) is 10.4. The Morgan fingerprint density at radius 1 is 0.781 bits per heavy atom. The molecule has 2 amide bonds. The summed E-state index contributed by atoms with van der Waals surface area (Å²) < 4.78 is 22.1. The summed E-state index contributed by atoms with van der Waals surface area (Å²) in [4.78, 5) is 25.1. The van der Waals surface area contributed by atoms with Gasteiger partial charge in [0.25, 0.3) is 11.8 Å². The van der Waals surface area contributed by atoms with E-state index in [1.165, 1.54) is 6.26 Å². The van der Waals surface area contributed by atoms with E-state index >= 15 is 0 Å².